The third kappa shape index (κ3) is 5.21. The van der Waals surface area contributed by atoms with Crippen LogP contribution in [-0.2, 0) is 4.79 Å². The summed E-state index contributed by atoms with van der Waals surface area (Å²) in [6, 6.07) is 4.10. The average molecular weight is 343 g/mol. The van der Waals surface area contributed by atoms with E-state index in [1.54, 1.807) is 6.07 Å². The van der Waals surface area contributed by atoms with Crippen LogP contribution in [0, 0.1) is 6.92 Å². The molecule has 0 unspecified atom stereocenters. The SMILES string of the molecule is CCCC[C@H](NC(=O)Nc1ccc(Br)cc1C)C(=O)O. The van der Waals surface area contributed by atoms with Gasteiger partial charge in [0.15, 0.2) is 0 Å². The van der Waals surface area contributed by atoms with Crippen LogP contribution in [0.4, 0.5) is 10.5 Å². The monoisotopic (exact) mass is 342 g/mol. The van der Waals surface area contributed by atoms with Gasteiger partial charge in [-0.15, -0.1) is 0 Å². The molecule has 0 bridgehead atoms. The molecule has 0 aliphatic rings. The Morgan fingerprint density at radius 3 is 2.65 bits per heavy atom. The average Bonchev–Trinajstić information content (AvgIpc) is 2.37. The lowest BCUT2D eigenvalue weighted by molar-refractivity contribution is -0.139. The van der Waals surface area contributed by atoms with Crippen LogP contribution >= 0.6 is 15.9 Å². The van der Waals surface area contributed by atoms with Crippen LogP contribution < -0.4 is 10.6 Å². The van der Waals surface area contributed by atoms with E-state index < -0.39 is 18.0 Å². The number of benzene rings is 1. The fourth-order valence-electron chi connectivity index (χ4n) is 1.75. The number of carbonyl (C=O) groups is 2. The summed E-state index contributed by atoms with van der Waals surface area (Å²) in [4.78, 5) is 22.9. The number of nitrogens with one attached hydrogen (secondary N) is 2. The van der Waals surface area contributed by atoms with Crippen LogP contribution in [0.25, 0.3) is 0 Å². The van der Waals surface area contributed by atoms with E-state index in [9.17, 15) is 9.59 Å². The zero-order valence-corrected chi connectivity index (χ0v) is 13.2. The van der Waals surface area contributed by atoms with Crippen molar-refractivity contribution < 1.29 is 14.7 Å². The summed E-state index contributed by atoms with van der Waals surface area (Å²) in [7, 11) is 0. The molecule has 1 rings (SSSR count). The number of aryl methyl sites for hydroxylation is 1. The van der Waals surface area contributed by atoms with E-state index in [1.807, 2.05) is 26.0 Å². The van der Waals surface area contributed by atoms with Crippen LogP contribution in [0.5, 0.6) is 0 Å². The molecule has 5 nitrogen and oxygen atoms in total. The summed E-state index contributed by atoms with van der Waals surface area (Å²) in [5.74, 6) is -1.01. The van der Waals surface area contributed by atoms with Gasteiger partial charge < -0.3 is 15.7 Å². The fourth-order valence-corrected chi connectivity index (χ4v) is 2.23. The highest BCUT2D eigenvalue weighted by Gasteiger charge is 2.19. The van der Waals surface area contributed by atoms with E-state index in [4.69, 9.17) is 5.11 Å². The van der Waals surface area contributed by atoms with Crippen molar-refractivity contribution in [1.82, 2.24) is 5.32 Å². The van der Waals surface area contributed by atoms with E-state index >= 15 is 0 Å². The van der Waals surface area contributed by atoms with Crippen LogP contribution in [0.2, 0.25) is 0 Å². The van der Waals surface area contributed by atoms with E-state index in [0.29, 0.717) is 12.1 Å². The number of anilines is 1. The molecule has 0 aromatic heterocycles. The lowest BCUT2D eigenvalue weighted by atomic mass is 10.1. The minimum absolute atomic E-state index is 0.429. The fraction of sp³-hybridized carbons (Fsp3) is 0.429. The molecule has 3 N–H and O–H groups in total. The smallest absolute Gasteiger partial charge is 0.326 e. The van der Waals surface area contributed by atoms with E-state index in [0.717, 1.165) is 22.9 Å². The van der Waals surface area contributed by atoms with Crippen LogP contribution in [0.15, 0.2) is 22.7 Å². The normalized spacial score (nSPS) is 11.8. The first-order valence-corrected chi connectivity index (χ1v) is 7.29. The Bertz CT molecular complexity index is 491. The van der Waals surface area contributed by atoms with Gasteiger partial charge in [0.25, 0.3) is 0 Å². The Hall–Kier alpha value is -1.56. The van der Waals surface area contributed by atoms with E-state index in [1.165, 1.54) is 0 Å². The maximum atomic E-state index is 11.8. The van der Waals surface area contributed by atoms with Gasteiger partial charge in [-0.2, -0.15) is 0 Å². The van der Waals surface area contributed by atoms with Crippen LogP contribution in [0.1, 0.15) is 31.7 Å². The third-order valence-corrected chi connectivity index (χ3v) is 3.38. The summed E-state index contributed by atoms with van der Waals surface area (Å²) < 4.78 is 0.923. The minimum Gasteiger partial charge on any atom is -0.480 e. The first kappa shape index (κ1) is 16.5. The number of rotatable bonds is 6. The topological polar surface area (TPSA) is 78.4 Å². The molecule has 0 aliphatic heterocycles. The lowest BCUT2D eigenvalue weighted by Gasteiger charge is -2.15. The van der Waals surface area contributed by atoms with Gasteiger partial charge in [-0.3, -0.25) is 0 Å². The second-order valence-electron chi connectivity index (χ2n) is 4.59. The van der Waals surface area contributed by atoms with Crippen molar-refractivity contribution in [2.75, 3.05) is 5.32 Å². The van der Waals surface area contributed by atoms with E-state index in [2.05, 4.69) is 26.6 Å². The molecular weight excluding hydrogens is 324 g/mol. The highest BCUT2D eigenvalue weighted by Crippen LogP contribution is 2.19. The van der Waals surface area contributed by atoms with Crippen molar-refractivity contribution in [3.05, 3.63) is 28.2 Å². The minimum atomic E-state index is -1.01. The van der Waals surface area contributed by atoms with Crippen molar-refractivity contribution in [2.45, 2.75) is 39.2 Å². The van der Waals surface area contributed by atoms with Gasteiger partial charge in [-0.1, -0.05) is 35.7 Å². The Kier molecular flexibility index (Phi) is 6.51. The van der Waals surface area contributed by atoms with Gasteiger partial charge in [0.2, 0.25) is 0 Å². The number of unbranched alkanes of at least 4 members (excludes halogenated alkanes) is 1. The van der Waals surface area contributed by atoms with Gasteiger partial charge in [-0.25, -0.2) is 9.59 Å². The molecule has 0 aliphatic carbocycles. The van der Waals surface area contributed by atoms with Crippen molar-refractivity contribution in [2.24, 2.45) is 0 Å². The zero-order chi connectivity index (χ0) is 15.1. The Labute approximate surface area is 126 Å². The van der Waals surface area contributed by atoms with Crippen LogP contribution in [-0.4, -0.2) is 23.1 Å². The summed E-state index contributed by atoms with van der Waals surface area (Å²) in [6.07, 6.45) is 2.08. The molecule has 1 aromatic carbocycles. The number of aliphatic carboxylic acids is 1. The van der Waals surface area contributed by atoms with Gasteiger partial charge in [0, 0.05) is 10.2 Å². The molecule has 0 radical (unpaired) electrons. The molecule has 1 atom stereocenters. The Balaban J connectivity index is 2.63. The Morgan fingerprint density at radius 1 is 1.40 bits per heavy atom. The van der Waals surface area contributed by atoms with Crippen molar-refractivity contribution in [3.63, 3.8) is 0 Å². The predicted octanol–water partition coefficient (Wildman–Crippen LogP) is 3.52. The van der Waals surface area contributed by atoms with E-state index in [-0.39, 0.29) is 0 Å². The molecule has 0 saturated heterocycles. The molecule has 1 aromatic rings. The maximum Gasteiger partial charge on any atom is 0.326 e. The number of amides is 2. The maximum absolute atomic E-state index is 11.8. The lowest BCUT2D eigenvalue weighted by Crippen LogP contribution is -2.43. The summed E-state index contributed by atoms with van der Waals surface area (Å²) in [6.45, 7) is 3.84. The molecule has 0 spiro atoms. The number of carboxylic acid groups (broad SMARTS) is 1. The molecule has 110 valence electrons. The van der Waals surface area contributed by atoms with Crippen molar-refractivity contribution >= 4 is 33.6 Å². The summed E-state index contributed by atoms with van der Waals surface area (Å²) >= 11 is 3.34. The number of hydrogen-bond donors (Lipinski definition) is 3. The number of halogens is 1. The van der Waals surface area contributed by atoms with Crippen molar-refractivity contribution in [3.8, 4) is 0 Å². The Morgan fingerprint density at radius 2 is 2.10 bits per heavy atom. The van der Waals surface area contributed by atoms with Gasteiger partial charge in [-0.05, 0) is 37.1 Å². The first-order chi connectivity index (χ1) is 9.43. The third-order valence-electron chi connectivity index (χ3n) is 2.89. The number of hydrogen-bond acceptors (Lipinski definition) is 2. The number of carboxylic acids is 1. The summed E-state index contributed by atoms with van der Waals surface area (Å²) in [5, 5.41) is 14.2. The van der Waals surface area contributed by atoms with Crippen LogP contribution in [0.3, 0.4) is 0 Å². The van der Waals surface area contributed by atoms with Gasteiger partial charge in [0.1, 0.15) is 6.04 Å². The molecule has 0 heterocycles. The number of carbonyl (C=O) groups excluding carboxylic acids is 1. The van der Waals surface area contributed by atoms with Gasteiger partial charge >= 0.3 is 12.0 Å². The first-order valence-electron chi connectivity index (χ1n) is 6.50. The van der Waals surface area contributed by atoms with Crippen molar-refractivity contribution in [1.29, 1.82) is 0 Å². The highest BCUT2D eigenvalue weighted by atomic mass is 79.9. The quantitative estimate of drug-likeness (QED) is 0.739. The second kappa shape index (κ2) is 7.89. The van der Waals surface area contributed by atoms with Gasteiger partial charge in [0.05, 0.1) is 0 Å². The molecule has 2 amide bonds. The number of urea groups is 1. The molecule has 6 heteroatoms. The zero-order valence-electron chi connectivity index (χ0n) is 11.6. The largest absolute Gasteiger partial charge is 0.480 e. The molecule has 20 heavy (non-hydrogen) atoms. The standard InChI is InChI=1S/C14H19BrN2O3/c1-3-4-5-12(13(18)19)17-14(20)16-11-7-6-10(15)8-9(11)2/h6-8,12H,3-5H2,1-2H3,(H,18,19)(H2,16,17,20)/t12-/m0/s1. The molecule has 0 fully saturated rings. The molecule has 0 saturated carbocycles. The molecular formula is C14H19BrN2O3. The summed E-state index contributed by atoms with van der Waals surface area (Å²) in [5.41, 5.74) is 1.56. The highest BCUT2D eigenvalue weighted by molar-refractivity contribution is 9.10. The second-order valence-corrected chi connectivity index (χ2v) is 5.51. The predicted molar refractivity (Wildman–Crippen MR) is 82.0 cm³/mol.